The van der Waals surface area contributed by atoms with Gasteiger partial charge >= 0.3 is 0 Å². The van der Waals surface area contributed by atoms with Crippen LogP contribution < -0.4 is 10.9 Å². The summed E-state index contributed by atoms with van der Waals surface area (Å²) in [7, 11) is 0. The fourth-order valence-corrected chi connectivity index (χ4v) is 4.69. The first-order valence-electron chi connectivity index (χ1n) is 12.1. The van der Waals surface area contributed by atoms with Crippen LogP contribution in [0.3, 0.4) is 0 Å². The summed E-state index contributed by atoms with van der Waals surface area (Å²) >= 11 is 6.22. The molecule has 37 heavy (non-hydrogen) atoms. The minimum Gasteiger partial charge on any atom is -0.365 e. The Bertz CT molecular complexity index is 1610. The maximum atomic E-state index is 14.6. The molecule has 5 rings (SSSR count). The van der Waals surface area contributed by atoms with Crippen molar-refractivity contribution in [1.82, 2.24) is 24.3 Å². The Morgan fingerprint density at radius 1 is 1.08 bits per heavy atom. The van der Waals surface area contributed by atoms with Crippen molar-refractivity contribution in [3.8, 4) is 0 Å². The van der Waals surface area contributed by atoms with Crippen LogP contribution in [-0.4, -0.2) is 24.3 Å². The van der Waals surface area contributed by atoms with E-state index in [4.69, 9.17) is 11.6 Å². The van der Waals surface area contributed by atoms with E-state index in [1.54, 1.807) is 40.4 Å². The summed E-state index contributed by atoms with van der Waals surface area (Å²) in [6, 6.07) is 16.7. The minimum absolute atomic E-state index is 0.0143. The van der Waals surface area contributed by atoms with Crippen molar-refractivity contribution in [2.45, 2.75) is 39.4 Å². The number of nitrogens with zero attached hydrogens (tertiary/aromatic N) is 5. The van der Waals surface area contributed by atoms with E-state index in [0.29, 0.717) is 34.2 Å². The topological polar surface area (TPSA) is 77.6 Å². The highest BCUT2D eigenvalue weighted by molar-refractivity contribution is 6.31. The molecule has 0 bridgehead atoms. The lowest BCUT2D eigenvalue weighted by atomic mass is 10.0. The van der Waals surface area contributed by atoms with E-state index in [1.807, 2.05) is 30.6 Å². The van der Waals surface area contributed by atoms with E-state index in [9.17, 15) is 9.18 Å². The van der Waals surface area contributed by atoms with Gasteiger partial charge < -0.3 is 9.88 Å². The molecule has 7 nitrogen and oxygen atoms in total. The fourth-order valence-electron chi connectivity index (χ4n) is 4.48. The van der Waals surface area contributed by atoms with Gasteiger partial charge in [-0.2, -0.15) is 5.10 Å². The van der Waals surface area contributed by atoms with Crippen LogP contribution in [0.2, 0.25) is 5.02 Å². The zero-order valence-corrected chi connectivity index (χ0v) is 21.3. The number of halogens is 2. The molecular formula is C28H26ClFN6O. The lowest BCUT2D eigenvalue weighted by molar-refractivity contribution is 0.548. The highest BCUT2D eigenvalue weighted by Crippen LogP contribution is 2.25. The summed E-state index contributed by atoms with van der Waals surface area (Å²) in [6.07, 6.45) is 5.94. The second kappa shape index (κ2) is 10.5. The van der Waals surface area contributed by atoms with Crippen molar-refractivity contribution in [2.75, 3.05) is 5.32 Å². The number of aryl methyl sites for hydroxylation is 1. The van der Waals surface area contributed by atoms with E-state index < -0.39 is 0 Å². The summed E-state index contributed by atoms with van der Waals surface area (Å²) in [6.45, 7) is 4.50. The van der Waals surface area contributed by atoms with Crippen molar-refractivity contribution in [3.63, 3.8) is 0 Å². The zero-order valence-electron chi connectivity index (χ0n) is 20.5. The first kappa shape index (κ1) is 24.6. The third kappa shape index (κ3) is 5.11. The minimum atomic E-state index is -0.327. The number of pyridine rings is 1. The predicted molar refractivity (Wildman–Crippen MR) is 143 cm³/mol. The summed E-state index contributed by atoms with van der Waals surface area (Å²) in [5.41, 5.74) is 3.59. The van der Waals surface area contributed by atoms with Crippen LogP contribution in [0.5, 0.6) is 0 Å². The Kier molecular flexibility index (Phi) is 7.01. The van der Waals surface area contributed by atoms with Crippen molar-refractivity contribution in [2.24, 2.45) is 0 Å². The number of benzene rings is 2. The molecule has 1 N–H and O–H groups in total. The molecule has 0 spiro atoms. The van der Waals surface area contributed by atoms with Gasteiger partial charge in [-0.05, 0) is 42.2 Å². The van der Waals surface area contributed by atoms with Gasteiger partial charge in [0.1, 0.15) is 18.0 Å². The molecule has 3 heterocycles. The Morgan fingerprint density at radius 3 is 2.65 bits per heavy atom. The molecule has 0 amide bonds. The summed E-state index contributed by atoms with van der Waals surface area (Å²) < 4.78 is 18.1. The van der Waals surface area contributed by atoms with Crippen LogP contribution in [-0.2, 0) is 13.1 Å². The molecule has 1 unspecified atom stereocenters. The average Bonchev–Trinajstić information content (AvgIpc) is 3.32. The zero-order chi connectivity index (χ0) is 25.9. The quantitative estimate of drug-likeness (QED) is 0.284. The number of nitrogens with one attached hydrogen (secondary N) is 1. The largest absolute Gasteiger partial charge is 0.365 e. The number of hydrogen-bond acceptors (Lipinski definition) is 5. The van der Waals surface area contributed by atoms with Crippen molar-refractivity contribution in [3.05, 3.63) is 117 Å². The highest BCUT2D eigenvalue weighted by Gasteiger charge is 2.15. The molecule has 5 aromatic rings. The molecule has 0 fully saturated rings. The molecule has 0 saturated heterocycles. The third-order valence-electron chi connectivity index (χ3n) is 6.46. The van der Waals surface area contributed by atoms with Gasteiger partial charge in [-0.1, -0.05) is 54.9 Å². The van der Waals surface area contributed by atoms with Gasteiger partial charge in [-0.3, -0.25) is 9.48 Å². The van der Waals surface area contributed by atoms with Crippen LogP contribution in [0.15, 0.2) is 78.1 Å². The molecule has 0 radical (unpaired) electrons. The van der Waals surface area contributed by atoms with E-state index in [1.165, 1.54) is 6.33 Å². The van der Waals surface area contributed by atoms with Gasteiger partial charge in [0.25, 0.3) is 5.56 Å². The average molecular weight is 517 g/mol. The van der Waals surface area contributed by atoms with Crippen LogP contribution in [0, 0.1) is 12.7 Å². The van der Waals surface area contributed by atoms with Gasteiger partial charge in [0.15, 0.2) is 5.65 Å². The normalized spacial score (nSPS) is 12.1. The number of rotatable bonds is 8. The van der Waals surface area contributed by atoms with Gasteiger partial charge in [0.2, 0.25) is 0 Å². The first-order chi connectivity index (χ1) is 17.9. The number of hydrogen-bond donors (Lipinski definition) is 1. The monoisotopic (exact) mass is 516 g/mol. The van der Waals surface area contributed by atoms with Crippen molar-refractivity contribution >= 4 is 28.5 Å². The Labute approximate surface area is 218 Å². The SMILES string of the molecule is CCC(c1ccc(Cn2cc3c(NCc4c(Cl)ccc(C)c4F)ncnc3n2)cc1)n1ccccc1=O. The molecular weight excluding hydrogens is 491 g/mol. The van der Waals surface area contributed by atoms with E-state index >= 15 is 0 Å². The fraction of sp³-hybridized carbons (Fsp3) is 0.214. The molecule has 0 saturated carbocycles. The summed E-state index contributed by atoms with van der Waals surface area (Å²) in [5, 5.41) is 8.86. The van der Waals surface area contributed by atoms with Gasteiger partial charge in [-0.25, -0.2) is 14.4 Å². The van der Waals surface area contributed by atoms with Crippen LogP contribution in [0.4, 0.5) is 10.2 Å². The smallest absolute Gasteiger partial charge is 0.251 e. The van der Waals surface area contributed by atoms with Crippen molar-refractivity contribution in [1.29, 1.82) is 0 Å². The predicted octanol–water partition coefficient (Wildman–Crippen LogP) is 5.75. The van der Waals surface area contributed by atoms with E-state index in [0.717, 1.165) is 22.9 Å². The van der Waals surface area contributed by atoms with Gasteiger partial charge in [0.05, 0.1) is 18.0 Å². The first-order valence-corrected chi connectivity index (χ1v) is 12.4. The second-order valence-corrected chi connectivity index (χ2v) is 9.32. The van der Waals surface area contributed by atoms with Crippen LogP contribution in [0.25, 0.3) is 11.0 Å². The second-order valence-electron chi connectivity index (χ2n) is 8.91. The third-order valence-corrected chi connectivity index (χ3v) is 6.81. The molecule has 0 aliphatic heterocycles. The van der Waals surface area contributed by atoms with E-state index in [-0.39, 0.29) is 24.0 Å². The maximum Gasteiger partial charge on any atom is 0.251 e. The maximum absolute atomic E-state index is 14.6. The summed E-state index contributed by atoms with van der Waals surface area (Å²) in [4.78, 5) is 20.9. The number of anilines is 1. The summed E-state index contributed by atoms with van der Waals surface area (Å²) in [5.74, 6) is 0.231. The molecule has 0 aliphatic rings. The lowest BCUT2D eigenvalue weighted by Gasteiger charge is -2.18. The molecule has 1 atom stereocenters. The lowest BCUT2D eigenvalue weighted by Crippen LogP contribution is -2.23. The number of aromatic nitrogens is 5. The molecule has 2 aromatic carbocycles. The molecule has 9 heteroatoms. The molecule has 3 aromatic heterocycles. The Balaban J connectivity index is 1.34. The molecule has 0 aliphatic carbocycles. The van der Waals surface area contributed by atoms with Crippen molar-refractivity contribution < 1.29 is 4.39 Å². The van der Waals surface area contributed by atoms with Crippen LogP contribution >= 0.6 is 11.6 Å². The Hall–Kier alpha value is -4.04. The highest BCUT2D eigenvalue weighted by atomic mass is 35.5. The van der Waals surface area contributed by atoms with E-state index in [2.05, 4.69) is 39.4 Å². The Morgan fingerprint density at radius 2 is 1.89 bits per heavy atom. The van der Waals surface area contributed by atoms with Crippen LogP contribution in [0.1, 0.15) is 41.6 Å². The van der Waals surface area contributed by atoms with Gasteiger partial charge in [-0.15, -0.1) is 0 Å². The standard InChI is InChI=1S/C28H26ClFN6O/c1-3-24(36-13-5-4-6-25(36)37)20-10-8-19(9-11-20)15-35-16-22-27(32-17-33-28(22)34-35)31-14-21-23(29)12-7-18(2)26(21)30/h4-13,16-17,24H,3,14-15H2,1-2H3,(H,31,32,33,34). The molecule has 188 valence electrons. The van der Waals surface area contributed by atoms with Gasteiger partial charge in [0, 0.05) is 35.6 Å². The number of fused-ring (bicyclic) bond motifs is 1.